The summed E-state index contributed by atoms with van der Waals surface area (Å²) < 4.78 is 68.8. The first-order chi connectivity index (χ1) is 12.1. The van der Waals surface area contributed by atoms with E-state index in [-0.39, 0.29) is 27.3 Å². The number of rotatable bonds is 3. The largest absolute Gasteiger partial charge is 0.331 e. The van der Waals surface area contributed by atoms with Crippen molar-refractivity contribution in [1.29, 1.82) is 0 Å². The first-order valence-corrected chi connectivity index (χ1v) is 9.50. The highest BCUT2D eigenvalue weighted by molar-refractivity contribution is 7.91. The van der Waals surface area contributed by atoms with E-state index in [0.29, 0.717) is 16.9 Å². The van der Waals surface area contributed by atoms with Crippen LogP contribution in [0.1, 0.15) is 18.3 Å². The minimum absolute atomic E-state index is 0.0531. The lowest BCUT2D eigenvalue weighted by Gasteiger charge is -2.14. The zero-order valence-corrected chi connectivity index (χ0v) is 15.4. The second-order valence-electron chi connectivity index (χ2n) is 6.03. The van der Waals surface area contributed by atoms with Crippen LogP contribution in [-0.4, -0.2) is 23.7 Å². The normalized spacial score (nSPS) is 12.1. The van der Waals surface area contributed by atoms with Gasteiger partial charge in [-0.05, 0) is 31.5 Å². The van der Waals surface area contributed by atoms with Crippen LogP contribution in [0.5, 0.6) is 0 Å². The summed E-state index contributed by atoms with van der Waals surface area (Å²) in [7, 11) is -2.04. The molecule has 8 heteroatoms. The van der Waals surface area contributed by atoms with Gasteiger partial charge in [-0.3, -0.25) is 0 Å². The predicted molar refractivity (Wildman–Crippen MR) is 92.1 cm³/mol. The summed E-state index contributed by atoms with van der Waals surface area (Å²) >= 11 is 0. The average molecular weight is 381 g/mol. The van der Waals surface area contributed by atoms with Gasteiger partial charge in [-0.15, -0.1) is 0 Å². The Balaban J connectivity index is 2.50. The molecule has 1 heterocycles. The predicted octanol–water partition coefficient (Wildman–Crippen LogP) is 3.87. The maximum Gasteiger partial charge on any atom is 0.178 e. The molecular formula is C18H16F3N2O2S. The third kappa shape index (κ3) is 2.68. The number of hydrogen-bond donors (Lipinski definition) is 0. The minimum Gasteiger partial charge on any atom is -0.331 e. The van der Waals surface area contributed by atoms with Crippen LogP contribution < -0.4 is 0 Å². The third-order valence-corrected chi connectivity index (χ3v) is 6.29. The smallest absolute Gasteiger partial charge is 0.178 e. The summed E-state index contributed by atoms with van der Waals surface area (Å²) in [5.41, 5.74) is 0.267. The van der Waals surface area contributed by atoms with Gasteiger partial charge in [-0.25, -0.2) is 26.6 Å². The summed E-state index contributed by atoms with van der Waals surface area (Å²) in [6, 6.07) is 4.46. The van der Waals surface area contributed by atoms with Crippen LogP contribution in [0.15, 0.2) is 17.0 Å². The molecule has 4 nitrogen and oxygen atoms in total. The van der Waals surface area contributed by atoms with E-state index in [1.807, 2.05) is 0 Å². The second-order valence-corrected chi connectivity index (χ2v) is 8.27. The Morgan fingerprint density at radius 3 is 2.42 bits per heavy atom. The maximum atomic E-state index is 14.5. The Bertz CT molecular complexity index is 1150. The molecule has 0 aliphatic carbocycles. The summed E-state index contributed by atoms with van der Waals surface area (Å²) in [6.07, 6.45) is 0. The van der Waals surface area contributed by atoms with E-state index >= 15 is 0 Å². The first-order valence-electron chi connectivity index (χ1n) is 7.85. The fourth-order valence-corrected chi connectivity index (χ4v) is 4.02. The van der Waals surface area contributed by atoms with Crippen molar-refractivity contribution in [1.82, 2.24) is 9.55 Å². The molecule has 2 aromatic carbocycles. The van der Waals surface area contributed by atoms with E-state index in [2.05, 4.69) is 4.98 Å². The number of benzene rings is 2. The summed E-state index contributed by atoms with van der Waals surface area (Å²) in [4.78, 5) is 4.16. The van der Waals surface area contributed by atoms with Gasteiger partial charge in [0.25, 0.3) is 0 Å². The van der Waals surface area contributed by atoms with Crippen LogP contribution in [0.2, 0.25) is 0 Å². The fourth-order valence-electron chi connectivity index (χ4n) is 2.92. The number of aromatic nitrogens is 2. The van der Waals surface area contributed by atoms with Crippen molar-refractivity contribution in [3.8, 4) is 11.1 Å². The number of hydrogen-bond acceptors (Lipinski definition) is 3. The fraction of sp³-hybridized carbons (Fsp3) is 0.278. The Hall–Kier alpha value is -2.35. The minimum atomic E-state index is -3.77. The van der Waals surface area contributed by atoms with Crippen molar-refractivity contribution in [2.75, 3.05) is 5.75 Å². The highest BCUT2D eigenvalue weighted by Gasteiger charge is 2.26. The van der Waals surface area contributed by atoms with Gasteiger partial charge >= 0.3 is 0 Å². The van der Waals surface area contributed by atoms with E-state index in [1.54, 1.807) is 24.6 Å². The molecule has 0 amide bonds. The highest BCUT2D eigenvalue weighted by atomic mass is 32.2. The Morgan fingerprint density at radius 1 is 1.15 bits per heavy atom. The van der Waals surface area contributed by atoms with E-state index in [4.69, 9.17) is 0 Å². The van der Waals surface area contributed by atoms with Crippen molar-refractivity contribution in [2.45, 2.75) is 25.7 Å². The standard InChI is InChI=1S/C18H16F3N2O2S/c1-5-26(24,25)16-8-15-14(22-10(3)23(15)4)6-11(16)17-9(2)18(21)13(20)7-12(17)19/h6,8H,5H2,1-4H3. The molecule has 0 aliphatic heterocycles. The van der Waals surface area contributed by atoms with Crippen LogP contribution in [0, 0.1) is 37.4 Å². The van der Waals surface area contributed by atoms with Gasteiger partial charge in [0, 0.05) is 18.2 Å². The average Bonchev–Trinajstić information content (AvgIpc) is 2.86. The van der Waals surface area contributed by atoms with Gasteiger partial charge in [0.05, 0.1) is 27.7 Å². The van der Waals surface area contributed by atoms with Gasteiger partial charge in [0.15, 0.2) is 21.5 Å². The molecule has 0 fully saturated rings. The molecule has 0 spiro atoms. The number of halogens is 3. The van der Waals surface area contributed by atoms with Crippen LogP contribution in [-0.2, 0) is 16.9 Å². The van der Waals surface area contributed by atoms with Crippen molar-refractivity contribution in [2.24, 2.45) is 7.05 Å². The lowest BCUT2D eigenvalue weighted by molar-refractivity contribution is 0.488. The van der Waals surface area contributed by atoms with E-state index in [0.717, 1.165) is 0 Å². The maximum absolute atomic E-state index is 14.5. The van der Waals surface area contributed by atoms with Crippen molar-refractivity contribution in [3.63, 3.8) is 0 Å². The number of sulfone groups is 1. The monoisotopic (exact) mass is 381 g/mol. The lowest BCUT2D eigenvalue weighted by Crippen LogP contribution is -2.08. The van der Waals surface area contributed by atoms with E-state index in [1.165, 1.54) is 26.0 Å². The summed E-state index contributed by atoms with van der Waals surface area (Å²) in [6.45, 7) is 4.39. The Labute approximate surface area is 149 Å². The molecule has 0 atom stereocenters. The highest BCUT2D eigenvalue weighted by Crippen LogP contribution is 2.37. The quantitative estimate of drug-likeness (QED) is 0.647. The zero-order chi connectivity index (χ0) is 19.4. The molecule has 0 bridgehead atoms. The molecule has 0 N–H and O–H groups in total. The third-order valence-electron chi connectivity index (χ3n) is 4.53. The number of fused-ring (bicyclic) bond motifs is 1. The molecule has 3 aromatic rings. The van der Waals surface area contributed by atoms with Crippen molar-refractivity contribution < 1.29 is 21.6 Å². The number of aryl methyl sites for hydroxylation is 2. The molecule has 0 unspecified atom stereocenters. The molecule has 1 radical (unpaired) electrons. The zero-order valence-electron chi connectivity index (χ0n) is 14.6. The van der Waals surface area contributed by atoms with Gasteiger partial charge < -0.3 is 4.57 Å². The Morgan fingerprint density at radius 2 is 1.81 bits per heavy atom. The molecule has 137 valence electrons. The SMILES string of the molecule is CCS(=O)(=O)c1cc2c(cc1-c1c(F)[c]c(F)c(F)c1C)nc(C)n2C. The van der Waals surface area contributed by atoms with Crippen molar-refractivity contribution in [3.05, 3.63) is 47.0 Å². The molecular weight excluding hydrogens is 365 g/mol. The second kappa shape index (κ2) is 6.12. The van der Waals surface area contributed by atoms with Crippen LogP contribution in [0.4, 0.5) is 13.2 Å². The first kappa shape index (κ1) is 18.4. The van der Waals surface area contributed by atoms with Gasteiger partial charge in [0.1, 0.15) is 11.6 Å². The number of imidazole rings is 1. The van der Waals surface area contributed by atoms with E-state index < -0.39 is 27.3 Å². The lowest BCUT2D eigenvalue weighted by atomic mass is 9.98. The molecule has 0 saturated carbocycles. The van der Waals surface area contributed by atoms with Crippen molar-refractivity contribution >= 4 is 20.9 Å². The van der Waals surface area contributed by atoms with Gasteiger partial charge in [-0.2, -0.15) is 0 Å². The summed E-state index contributed by atoms with van der Waals surface area (Å²) in [5.74, 6) is -3.46. The molecule has 1 aromatic heterocycles. The Kier molecular flexibility index (Phi) is 4.34. The van der Waals surface area contributed by atoms with Crippen LogP contribution >= 0.6 is 0 Å². The molecule has 0 saturated heterocycles. The molecule has 0 aliphatic rings. The van der Waals surface area contributed by atoms with Gasteiger partial charge in [-0.1, -0.05) is 6.92 Å². The topological polar surface area (TPSA) is 52.0 Å². The van der Waals surface area contributed by atoms with Gasteiger partial charge in [0.2, 0.25) is 0 Å². The van der Waals surface area contributed by atoms with Crippen LogP contribution in [0.3, 0.4) is 0 Å². The number of nitrogens with zero attached hydrogens (tertiary/aromatic N) is 2. The van der Waals surface area contributed by atoms with Crippen LogP contribution in [0.25, 0.3) is 22.2 Å². The molecule has 3 rings (SSSR count). The summed E-state index contributed by atoms with van der Waals surface area (Å²) in [5, 5.41) is 0. The molecule has 26 heavy (non-hydrogen) atoms. The van der Waals surface area contributed by atoms with E-state index in [9.17, 15) is 21.6 Å².